The number of benzene rings is 2. The molecule has 22 heavy (non-hydrogen) atoms. The lowest BCUT2D eigenvalue weighted by atomic mass is 10.1. The minimum atomic E-state index is 0.255. The van der Waals surface area contributed by atoms with Crippen LogP contribution in [0.5, 0.6) is 11.5 Å². The minimum absolute atomic E-state index is 0.255. The summed E-state index contributed by atoms with van der Waals surface area (Å²) in [7, 11) is 0. The van der Waals surface area contributed by atoms with Crippen molar-refractivity contribution in [2.75, 3.05) is 13.3 Å². The highest BCUT2D eigenvalue weighted by Gasteiger charge is 2.17. The van der Waals surface area contributed by atoms with Gasteiger partial charge in [-0.2, -0.15) is 0 Å². The van der Waals surface area contributed by atoms with Gasteiger partial charge in [0.2, 0.25) is 6.79 Å². The highest BCUT2D eigenvalue weighted by molar-refractivity contribution is 6.32. The number of hydrogen-bond donors (Lipinski definition) is 1. The fraction of sp³-hybridized carbons (Fsp3) is 0.333. The van der Waals surface area contributed by atoms with Crippen molar-refractivity contribution in [1.82, 2.24) is 5.32 Å². The van der Waals surface area contributed by atoms with E-state index in [2.05, 4.69) is 35.6 Å². The van der Waals surface area contributed by atoms with Gasteiger partial charge >= 0.3 is 0 Å². The van der Waals surface area contributed by atoms with Gasteiger partial charge in [-0.05, 0) is 49.1 Å². The first-order chi connectivity index (χ1) is 10.8. The zero-order valence-electron chi connectivity index (χ0n) is 12.5. The first-order valence-electron chi connectivity index (χ1n) is 7.65. The summed E-state index contributed by atoms with van der Waals surface area (Å²) in [6.07, 6.45) is 3.49. The lowest BCUT2D eigenvalue weighted by Gasteiger charge is -2.07. The number of hydrogen-bond acceptors (Lipinski definition) is 3. The highest BCUT2D eigenvalue weighted by atomic mass is 35.5. The van der Waals surface area contributed by atoms with E-state index in [0.29, 0.717) is 10.8 Å². The fourth-order valence-electron chi connectivity index (χ4n) is 2.58. The van der Waals surface area contributed by atoms with Crippen LogP contribution in [0.4, 0.5) is 0 Å². The number of fused-ring (bicyclic) bond motifs is 1. The first-order valence-corrected chi connectivity index (χ1v) is 8.03. The van der Waals surface area contributed by atoms with Gasteiger partial charge in [-0.25, -0.2) is 0 Å². The van der Waals surface area contributed by atoms with E-state index in [9.17, 15) is 0 Å². The topological polar surface area (TPSA) is 30.5 Å². The smallest absolute Gasteiger partial charge is 0.231 e. The summed E-state index contributed by atoms with van der Waals surface area (Å²) in [6.45, 7) is 2.05. The molecule has 0 unspecified atom stereocenters. The van der Waals surface area contributed by atoms with Crippen molar-refractivity contribution < 1.29 is 9.47 Å². The molecule has 0 radical (unpaired) electrons. The van der Waals surface area contributed by atoms with Crippen LogP contribution in [0, 0.1) is 0 Å². The van der Waals surface area contributed by atoms with Crippen LogP contribution in [0.3, 0.4) is 0 Å². The normalized spacial score (nSPS) is 12.6. The zero-order chi connectivity index (χ0) is 15.2. The second kappa shape index (κ2) is 7.52. The molecule has 0 bridgehead atoms. The molecular formula is C18H20ClNO2. The Bertz CT molecular complexity index is 616. The summed E-state index contributed by atoms with van der Waals surface area (Å²) in [5.41, 5.74) is 2.53. The van der Waals surface area contributed by atoms with E-state index in [0.717, 1.165) is 37.2 Å². The molecule has 2 aromatic carbocycles. The van der Waals surface area contributed by atoms with Crippen LogP contribution >= 0.6 is 11.6 Å². The summed E-state index contributed by atoms with van der Waals surface area (Å²) in [5, 5.41) is 4.07. The molecule has 3 nitrogen and oxygen atoms in total. The Morgan fingerprint density at radius 2 is 1.86 bits per heavy atom. The maximum absolute atomic E-state index is 6.17. The number of unbranched alkanes of at least 4 members (excludes halogenated alkanes) is 1. The van der Waals surface area contributed by atoms with Crippen molar-refractivity contribution in [2.24, 2.45) is 0 Å². The molecule has 116 valence electrons. The van der Waals surface area contributed by atoms with Crippen molar-refractivity contribution in [1.29, 1.82) is 0 Å². The Morgan fingerprint density at radius 1 is 1.00 bits per heavy atom. The Hall–Kier alpha value is -1.71. The molecular weight excluding hydrogens is 298 g/mol. The van der Waals surface area contributed by atoms with E-state index in [1.165, 1.54) is 12.0 Å². The molecule has 0 atom stereocenters. The van der Waals surface area contributed by atoms with Crippen LogP contribution in [0.25, 0.3) is 0 Å². The molecule has 0 saturated heterocycles. The van der Waals surface area contributed by atoms with E-state index in [-0.39, 0.29) is 6.79 Å². The third kappa shape index (κ3) is 3.93. The van der Waals surface area contributed by atoms with Crippen molar-refractivity contribution >= 4 is 11.6 Å². The van der Waals surface area contributed by atoms with Gasteiger partial charge in [0, 0.05) is 6.54 Å². The van der Waals surface area contributed by atoms with Crippen molar-refractivity contribution in [3.05, 3.63) is 58.6 Å². The lowest BCUT2D eigenvalue weighted by molar-refractivity contribution is 0.174. The van der Waals surface area contributed by atoms with Gasteiger partial charge in [0.25, 0.3) is 0 Å². The predicted molar refractivity (Wildman–Crippen MR) is 88.7 cm³/mol. The Labute approximate surface area is 136 Å². The molecule has 1 N–H and O–H groups in total. The van der Waals surface area contributed by atoms with E-state index < -0.39 is 0 Å². The van der Waals surface area contributed by atoms with Crippen LogP contribution in [0.15, 0.2) is 42.5 Å². The van der Waals surface area contributed by atoms with E-state index >= 15 is 0 Å². The number of rotatable bonds is 7. The van der Waals surface area contributed by atoms with Gasteiger partial charge in [0.05, 0.1) is 5.02 Å². The molecule has 0 amide bonds. The molecule has 1 aliphatic heterocycles. The average Bonchev–Trinajstić information content (AvgIpc) is 3.01. The molecule has 3 rings (SSSR count). The van der Waals surface area contributed by atoms with Crippen molar-refractivity contribution in [3.8, 4) is 11.5 Å². The van der Waals surface area contributed by atoms with E-state index in [1.807, 2.05) is 12.1 Å². The van der Waals surface area contributed by atoms with Crippen LogP contribution in [-0.2, 0) is 13.0 Å². The maximum Gasteiger partial charge on any atom is 0.231 e. The second-order valence-electron chi connectivity index (χ2n) is 5.43. The van der Waals surface area contributed by atoms with Crippen LogP contribution in [0.1, 0.15) is 24.0 Å². The molecule has 0 saturated carbocycles. The molecule has 0 aromatic heterocycles. The van der Waals surface area contributed by atoms with Gasteiger partial charge in [0.15, 0.2) is 11.5 Å². The third-order valence-corrected chi connectivity index (χ3v) is 4.01. The summed E-state index contributed by atoms with van der Waals surface area (Å²) >= 11 is 6.17. The van der Waals surface area contributed by atoms with Gasteiger partial charge < -0.3 is 14.8 Å². The fourth-order valence-corrected chi connectivity index (χ4v) is 2.87. The summed E-state index contributed by atoms with van der Waals surface area (Å²) in [4.78, 5) is 0. The lowest BCUT2D eigenvalue weighted by Crippen LogP contribution is -2.14. The van der Waals surface area contributed by atoms with Gasteiger partial charge in [-0.3, -0.25) is 0 Å². The Morgan fingerprint density at radius 3 is 2.73 bits per heavy atom. The third-order valence-electron chi connectivity index (χ3n) is 3.73. The SMILES string of the molecule is Clc1cc(CNCCCCc2ccccc2)cc2c1OCO2. The highest BCUT2D eigenvalue weighted by Crippen LogP contribution is 2.39. The zero-order valence-corrected chi connectivity index (χ0v) is 13.2. The molecule has 0 spiro atoms. The first kappa shape index (κ1) is 15.2. The van der Waals surface area contributed by atoms with E-state index in [1.54, 1.807) is 0 Å². The molecule has 0 aliphatic carbocycles. The Kier molecular flexibility index (Phi) is 5.20. The molecule has 2 aromatic rings. The van der Waals surface area contributed by atoms with Crippen molar-refractivity contribution in [2.45, 2.75) is 25.8 Å². The largest absolute Gasteiger partial charge is 0.454 e. The summed E-state index contributed by atoms with van der Waals surface area (Å²) < 4.78 is 10.7. The van der Waals surface area contributed by atoms with Gasteiger partial charge in [-0.1, -0.05) is 41.9 Å². The predicted octanol–water partition coefficient (Wildman–Crippen LogP) is 4.18. The maximum atomic E-state index is 6.17. The van der Waals surface area contributed by atoms with Gasteiger partial charge in [-0.15, -0.1) is 0 Å². The average molecular weight is 318 g/mol. The molecule has 1 heterocycles. The Balaban J connectivity index is 1.38. The molecule has 0 fully saturated rings. The van der Waals surface area contributed by atoms with Crippen LogP contribution < -0.4 is 14.8 Å². The summed E-state index contributed by atoms with van der Waals surface area (Å²) in [6, 6.07) is 14.5. The number of aryl methyl sites for hydroxylation is 1. The summed E-state index contributed by atoms with van der Waals surface area (Å²) in [5.74, 6) is 1.40. The van der Waals surface area contributed by atoms with Crippen LogP contribution in [-0.4, -0.2) is 13.3 Å². The molecule has 1 aliphatic rings. The van der Waals surface area contributed by atoms with Gasteiger partial charge in [0.1, 0.15) is 0 Å². The monoisotopic (exact) mass is 317 g/mol. The number of nitrogens with one attached hydrogen (secondary N) is 1. The number of halogens is 1. The van der Waals surface area contributed by atoms with E-state index in [4.69, 9.17) is 21.1 Å². The van der Waals surface area contributed by atoms with Crippen molar-refractivity contribution in [3.63, 3.8) is 0 Å². The quantitative estimate of drug-likeness (QED) is 0.777. The second-order valence-corrected chi connectivity index (χ2v) is 5.84. The minimum Gasteiger partial charge on any atom is -0.454 e. The standard InChI is InChI=1S/C18H20ClNO2/c19-16-10-15(11-17-18(16)22-13-21-17)12-20-9-5-4-8-14-6-2-1-3-7-14/h1-3,6-7,10-11,20H,4-5,8-9,12-13H2. The molecule has 4 heteroatoms. The number of ether oxygens (including phenoxy) is 2. The van der Waals surface area contributed by atoms with Crippen LogP contribution in [0.2, 0.25) is 5.02 Å².